The van der Waals surface area contributed by atoms with Crippen LogP contribution in [0.3, 0.4) is 0 Å². The second-order valence-corrected chi connectivity index (χ2v) is 5.96. The maximum Gasteiger partial charge on any atom is 0.387 e. The zero-order valence-corrected chi connectivity index (χ0v) is 15.6. The van der Waals surface area contributed by atoms with Crippen molar-refractivity contribution in [3.05, 3.63) is 69.3 Å². The normalized spacial score (nSPS) is 11.4. The van der Waals surface area contributed by atoms with Crippen LogP contribution >= 0.6 is 0 Å². The van der Waals surface area contributed by atoms with Crippen molar-refractivity contribution in [2.24, 2.45) is 4.99 Å². The quantitative estimate of drug-likeness (QED) is 0.309. The van der Waals surface area contributed by atoms with Gasteiger partial charge in [0.25, 0.3) is 5.69 Å². The summed E-state index contributed by atoms with van der Waals surface area (Å²) < 4.78 is 29.7. The van der Waals surface area contributed by atoms with Gasteiger partial charge in [-0.3, -0.25) is 10.1 Å². The van der Waals surface area contributed by atoms with E-state index in [-0.39, 0.29) is 18.0 Å². The Balaban J connectivity index is 2.07. The topological polar surface area (TPSA) is 88.8 Å². The highest BCUT2D eigenvalue weighted by Gasteiger charge is 2.10. The Morgan fingerprint density at radius 1 is 1.21 bits per heavy atom. The molecule has 28 heavy (non-hydrogen) atoms. The minimum Gasteiger partial charge on any atom is -0.434 e. The maximum atomic E-state index is 12.6. The third kappa shape index (κ3) is 6.49. The van der Waals surface area contributed by atoms with E-state index in [9.17, 15) is 18.9 Å². The Hall–Kier alpha value is -3.23. The van der Waals surface area contributed by atoms with E-state index in [4.69, 9.17) is 0 Å². The lowest BCUT2D eigenvalue weighted by Gasteiger charge is -2.15. The zero-order chi connectivity index (χ0) is 20.5. The second-order valence-electron chi connectivity index (χ2n) is 5.96. The number of rotatable bonds is 8. The molecule has 2 aromatic carbocycles. The van der Waals surface area contributed by atoms with Crippen molar-refractivity contribution >= 4 is 11.6 Å². The lowest BCUT2D eigenvalue weighted by Crippen LogP contribution is -2.36. The molecule has 0 heterocycles. The fourth-order valence-electron chi connectivity index (χ4n) is 2.47. The van der Waals surface area contributed by atoms with Gasteiger partial charge in [0, 0.05) is 30.8 Å². The highest BCUT2D eigenvalue weighted by Crippen LogP contribution is 2.22. The summed E-state index contributed by atoms with van der Waals surface area (Å²) in [5.41, 5.74) is 2.33. The molecule has 0 radical (unpaired) electrons. The minimum atomic E-state index is -2.90. The van der Waals surface area contributed by atoms with Gasteiger partial charge in [-0.15, -0.1) is 0 Å². The van der Waals surface area contributed by atoms with E-state index >= 15 is 0 Å². The van der Waals surface area contributed by atoms with Crippen LogP contribution in [0.25, 0.3) is 0 Å². The molecule has 0 aromatic heterocycles. The van der Waals surface area contributed by atoms with E-state index in [0.29, 0.717) is 24.6 Å². The second kappa shape index (κ2) is 10.2. The number of non-ortho nitro benzene ring substituents is 1. The largest absolute Gasteiger partial charge is 0.434 e. The van der Waals surface area contributed by atoms with Crippen LogP contribution in [-0.2, 0) is 13.1 Å². The predicted molar refractivity (Wildman–Crippen MR) is 103 cm³/mol. The predicted octanol–water partition coefficient (Wildman–Crippen LogP) is 3.76. The number of hydrogen-bond donors (Lipinski definition) is 2. The highest BCUT2D eigenvalue weighted by atomic mass is 19.3. The molecule has 0 aliphatic carbocycles. The summed E-state index contributed by atoms with van der Waals surface area (Å²) in [5.74, 6) is 0.602. The lowest BCUT2D eigenvalue weighted by atomic mass is 10.1. The van der Waals surface area contributed by atoms with E-state index in [2.05, 4.69) is 20.4 Å². The summed E-state index contributed by atoms with van der Waals surface area (Å²) in [7, 11) is 0. The first-order valence-corrected chi connectivity index (χ1v) is 8.69. The van der Waals surface area contributed by atoms with Crippen LogP contribution in [0.1, 0.15) is 23.6 Å². The van der Waals surface area contributed by atoms with Crippen LogP contribution in [-0.4, -0.2) is 24.0 Å². The molecular weight excluding hydrogens is 370 g/mol. The average molecular weight is 392 g/mol. The van der Waals surface area contributed by atoms with Crippen LogP contribution in [0.15, 0.2) is 47.5 Å². The highest BCUT2D eigenvalue weighted by molar-refractivity contribution is 5.79. The molecule has 0 aliphatic heterocycles. The summed E-state index contributed by atoms with van der Waals surface area (Å²) in [6, 6.07) is 11.1. The number of nitro benzene ring substituents is 1. The smallest absolute Gasteiger partial charge is 0.387 e. The molecule has 2 N–H and O–H groups in total. The molecule has 0 saturated carbocycles. The number of nitro groups is 1. The number of guanidine groups is 1. The Labute approximate surface area is 161 Å². The van der Waals surface area contributed by atoms with E-state index in [0.717, 1.165) is 11.1 Å². The van der Waals surface area contributed by atoms with Gasteiger partial charge < -0.3 is 15.4 Å². The maximum absolute atomic E-state index is 12.6. The van der Waals surface area contributed by atoms with Crippen molar-refractivity contribution in [1.29, 1.82) is 0 Å². The summed E-state index contributed by atoms with van der Waals surface area (Å²) >= 11 is 0. The Bertz CT molecular complexity index is 826. The summed E-state index contributed by atoms with van der Waals surface area (Å²) in [4.78, 5) is 14.7. The zero-order valence-electron chi connectivity index (χ0n) is 15.6. The van der Waals surface area contributed by atoms with Crippen LogP contribution in [0.2, 0.25) is 0 Å². The third-order valence-electron chi connectivity index (χ3n) is 3.79. The van der Waals surface area contributed by atoms with Crippen LogP contribution in [0.4, 0.5) is 14.5 Å². The molecule has 0 saturated heterocycles. The minimum absolute atomic E-state index is 0.0174. The van der Waals surface area contributed by atoms with Crippen LogP contribution in [0.5, 0.6) is 5.75 Å². The molecule has 0 spiro atoms. The standard InChI is InChI=1S/C19H22F2N4O3/c1-3-22-19(23-11-14-5-7-16(8-6-14)25(26)27)24-12-15-10-13(2)4-9-17(15)28-18(20)21/h4-10,18H,3,11-12H2,1-2H3,(H2,22,23,24). The molecule has 0 bridgehead atoms. The number of alkyl halides is 2. The summed E-state index contributed by atoms with van der Waals surface area (Å²) in [5, 5.41) is 16.9. The summed E-state index contributed by atoms with van der Waals surface area (Å²) in [6.45, 7) is 2.04. The number of nitrogens with one attached hydrogen (secondary N) is 2. The van der Waals surface area contributed by atoms with E-state index in [1.807, 2.05) is 13.8 Å². The molecule has 0 atom stereocenters. The van der Waals surface area contributed by atoms with Gasteiger partial charge in [0.05, 0.1) is 11.5 Å². The number of halogens is 2. The van der Waals surface area contributed by atoms with Gasteiger partial charge in [-0.2, -0.15) is 8.78 Å². The molecule has 0 fully saturated rings. The first-order valence-electron chi connectivity index (χ1n) is 8.69. The lowest BCUT2D eigenvalue weighted by molar-refractivity contribution is -0.384. The van der Waals surface area contributed by atoms with E-state index in [1.54, 1.807) is 24.3 Å². The Kier molecular flexibility index (Phi) is 7.67. The molecule has 150 valence electrons. The van der Waals surface area contributed by atoms with Crippen molar-refractivity contribution < 1.29 is 18.4 Å². The number of aliphatic imine (C=N–C) groups is 1. The Morgan fingerprint density at radius 3 is 2.54 bits per heavy atom. The van der Waals surface area contributed by atoms with Gasteiger partial charge in [0.1, 0.15) is 5.75 Å². The van der Waals surface area contributed by atoms with E-state index in [1.165, 1.54) is 18.2 Å². The van der Waals surface area contributed by atoms with Crippen molar-refractivity contribution in [2.75, 3.05) is 6.54 Å². The summed E-state index contributed by atoms with van der Waals surface area (Å²) in [6.07, 6.45) is 0. The molecule has 7 nitrogen and oxygen atoms in total. The number of benzene rings is 2. The van der Waals surface area contributed by atoms with Gasteiger partial charge in [-0.1, -0.05) is 29.8 Å². The first-order chi connectivity index (χ1) is 13.4. The van der Waals surface area contributed by atoms with Crippen molar-refractivity contribution in [2.45, 2.75) is 33.5 Å². The van der Waals surface area contributed by atoms with Crippen LogP contribution in [0, 0.1) is 17.0 Å². The monoisotopic (exact) mass is 392 g/mol. The average Bonchev–Trinajstić information content (AvgIpc) is 2.66. The molecule has 0 unspecified atom stereocenters. The van der Waals surface area contributed by atoms with Gasteiger partial charge in [0.15, 0.2) is 5.96 Å². The first kappa shape index (κ1) is 21.1. The number of hydrogen-bond acceptors (Lipinski definition) is 4. The molecule has 2 aromatic rings. The van der Waals surface area contributed by atoms with Gasteiger partial charge in [-0.05, 0) is 25.5 Å². The number of nitrogens with zero attached hydrogens (tertiary/aromatic N) is 2. The van der Waals surface area contributed by atoms with Gasteiger partial charge >= 0.3 is 6.61 Å². The fraction of sp³-hybridized carbons (Fsp3) is 0.316. The molecule has 0 aliphatic rings. The SMILES string of the molecule is CCNC(=NCc1ccc([N+](=O)[O-])cc1)NCc1cc(C)ccc1OC(F)F. The van der Waals surface area contributed by atoms with E-state index < -0.39 is 11.5 Å². The number of aryl methyl sites for hydroxylation is 1. The third-order valence-corrected chi connectivity index (χ3v) is 3.79. The van der Waals surface area contributed by atoms with Crippen molar-refractivity contribution in [3.63, 3.8) is 0 Å². The molecular formula is C19H22F2N4O3. The Morgan fingerprint density at radius 2 is 1.93 bits per heavy atom. The fourth-order valence-corrected chi connectivity index (χ4v) is 2.47. The number of ether oxygens (including phenoxy) is 1. The molecule has 2 rings (SSSR count). The van der Waals surface area contributed by atoms with Crippen molar-refractivity contribution in [3.8, 4) is 5.75 Å². The van der Waals surface area contributed by atoms with Gasteiger partial charge in [0.2, 0.25) is 0 Å². The van der Waals surface area contributed by atoms with Crippen molar-refractivity contribution in [1.82, 2.24) is 10.6 Å². The van der Waals surface area contributed by atoms with Gasteiger partial charge in [-0.25, -0.2) is 4.99 Å². The molecule has 0 amide bonds. The molecule has 9 heteroatoms. The van der Waals surface area contributed by atoms with Crippen LogP contribution < -0.4 is 15.4 Å².